The first-order chi connectivity index (χ1) is 25.3. The molecule has 3 atom stereocenters. The number of hydrogen-bond donors (Lipinski definition) is 1. The summed E-state index contributed by atoms with van der Waals surface area (Å²) < 4.78 is 6.85. The van der Waals surface area contributed by atoms with Crippen LogP contribution in [0.15, 0.2) is 142 Å². The first-order valence-corrected chi connectivity index (χ1v) is 18.7. The van der Waals surface area contributed by atoms with Crippen LogP contribution in [0.5, 0.6) is 5.75 Å². The van der Waals surface area contributed by atoms with E-state index in [2.05, 4.69) is 133 Å². The third-order valence-electron chi connectivity index (χ3n) is 11.4. The van der Waals surface area contributed by atoms with E-state index >= 15 is 0 Å². The third kappa shape index (κ3) is 5.45. The molecule has 0 amide bonds. The summed E-state index contributed by atoms with van der Waals surface area (Å²) in [6, 6.07) is 19.7. The van der Waals surface area contributed by atoms with Gasteiger partial charge in [-0.15, -0.1) is 0 Å². The minimum absolute atomic E-state index is 0.0170. The van der Waals surface area contributed by atoms with Crippen LogP contribution in [0.25, 0.3) is 17.7 Å². The number of benzene rings is 3. The maximum absolute atomic E-state index is 6.85. The molecule has 51 heavy (non-hydrogen) atoms. The van der Waals surface area contributed by atoms with Gasteiger partial charge in [-0.25, -0.2) is 9.98 Å². The fraction of sp³-hybridized carbons (Fsp3) is 0.234. The molecule has 0 saturated heterocycles. The van der Waals surface area contributed by atoms with Crippen molar-refractivity contribution in [1.29, 1.82) is 0 Å². The van der Waals surface area contributed by atoms with Crippen molar-refractivity contribution in [2.75, 3.05) is 0 Å². The molecule has 10 rings (SSSR count). The number of amidine groups is 2. The van der Waals surface area contributed by atoms with Crippen molar-refractivity contribution in [3.8, 4) is 5.75 Å². The summed E-state index contributed by atoms with van der Waals surface area (Å²) in [5.74, 6) is 2.90. The number of allylic oxidation sites excluding steroid dienone is 11. The van der Waals surface area contributed by atoms with Gasteiger partial charge in [-0.2, -0.15) is 0 Å². The van der Waals surface area contributed by atoms with E-state index in [1.54, 1.807) is 0 Å². The zero-order valence-corrected chi connectivity index (χ0v) is 28.8. The van der Waals surface area contributed by atoms with E-state index in [0.717, 1.165) is 79.9 Å². The van der Waals surface area contributed by atoms with Crippen LogP contribution in [-0.2, 0) is 12.8 Å². The average Bonchev–Trinajstić information content (AvgIpc) is 3.59. The lowest BCUT2D eigenvalue weighted by atomic mass is 9.79. The summed E-state index contributed by atoms with van der Waals surface area (Å²) >= 11 is 0. The highest BCUT2D eigenvalue weighted by molar-refractivity contribution is 6.14. The molecule has 5 aliphatic carbocycles. The molecule has 2 heterocycles. The second-order valence-corrected chi connectivity index (χ2v) is 14.5. The van der Waals surface area contributed by atoms with Crippen molar-refractivity contribution in [2.45, 2.75) is 69.6 Å². The summed E-state index contributed by atoms with van der Waals surface area (Å²) in [4.78, 5) is 10.6. The first-order valence-electron chi connectivity index (χ1n) is 18.7. The fourth-order valence-corrected chi connectivity index (χ4v) is 8.83. The number of fused-ring (bicyclic) bond motifs is 6. The number of ether oxygens (including phenoxy) is 1. The van der Waals surface area contributed by atoms with Gasteiger partial charge in [0.1, 0.15) is 23.9 Å². The Morgan fingerprint density at radius 3 is 2.41 bits per heavy atom. The van der Waals surface area contributed by atoms with Crippen molar-refractivity contribution in [3.63, 3.8) is 0 Å². The minimum Gasteiger partial charge on any atom is -0.485 e. The molecule has 4 nitrogen and oxygen atoms in total. The topological polar surface area (TPSA) is 46.0 Å². The quantitative estimate of drug-likeness (QED) is 0.295. The zero-order chi connectivity index (χ0) is 33.7. The highest BCUT2D eigenvalue weighted by Gasteiger charge is 2.38. The molecule has 3 aromatic carbocycles. The molecule has 1 N–H and O–H groups in total. The molecule has 4 heteroatoms. The Morgan fingerprint density at radius 2 is 1.57 bits per heavy atom. The predicted molar refractivity (Wildman–Crippen MR) is 210 cm³/mol. The van der Waals surface area contributed by atoms with Gasteiger partial charge in [0.25, 0.3) is 0 Å². The Balaban J connectivity index is 1.07. The van der Waals surface area contributed by atoms with Crippen LogP contribution in [0.3, 0.4) is 0 Å². The summed E-state index contributed by atoms with van der Waals surface area (Å²) in [5.41, 5.74) is 15.7. The van der Waals surface area contributed by atoms with Gasteiger partial charge in [0.2, 0.25) is 0 Å². The van der Waals surface area contributed by atoms with Crippen LogP contribution >= 0.6 is 0 Å². The Labute approximate surface area is 300 Å². The second-order valence-electron chi connectivity index (χ2n) is 14.5. The van der Waals surface area contributed by atoms with Gasteiger partial charge in [0, 0.05) is 22.6 Å². The third-order valence-corrected chi connectivity index (χ3v) is 11.4. The SMILES string of the molecule is C1=CCCC(C2=Cc3cccc(C4=CC5c6cc(C7=NC(c8ccccc8)NC(C8=CC=CCC8)=N7)c7c(c6OC5C=C4)CCC=C7)c3CC2)=C1. The van der Waals surface area contributed by atoms with Gasteiger partial charge in [0.05, 0.1) is 0 Å². The molecule has 250 valence electrons. The average molecular weight is 664 g/mol. The predicted octanol–water partition coefficient (Wildman–Crippen LogP) is 10.5. The van der Waals surface area contributed by atoms with Crippen molar-refractivity contribution in [3.05, 3.63) is 177 Å². The molecule has 2 aliphatic heterocycles. The van der Waals surface area contributed by atoms with Crippen molar-refractivity contribution >= 4 is 29.4 Å². The molecule has 3 aromatic rings. The van der Waals surface area contributed by atoms with Crippen LogP contribution in [0.1, 0.15) is 95.1 Å². The monoisotopic (exact) mass is 663 g/mol. The molecule has 0 aromatic heterocycles. The number of nitrogens with zero attached hydrogens (tertiary/aromatic N) is 2. The van der Waals surface area contributed by atoms with E-state index in [0.29, 0.717) is 0 Å². The molecule has 0 saturated carbocycles. The van der Waals surface area contributed by atoms with E-state index in [-0.39, 0.29) is 18.2 Å². The molecule has 0 spiro atoms. The lowest BCUT2D eigenvalue weighted by molar-refractivity contribution is 0.267. The maximum atomic E-state index is 6.85. The van der Waals surface area contributed by atoms with Gasteiger partial charge in [-0.1, -0.05) is 115 Å². The smallest absolute Gasteiger partial charge is 0.160 e. The largest absolute Gasteiger partial charge is 0.485 e. The Kier molecular flexibility index (Phi) is 7.55. The molecular formula is C47H41N3O. The number of rotatable bonds is 5. The van der Waals surface area contributed by atoms with E-state index < -0.39 is 0 Å². The first kappa shape index (κ1) is 30.4. The summed E-state index contributed by atoms with van der Waals surface area (Å²) in [6.45, 7) is 0. The number of nitrogens with one attached hydrogen (secondary N) is 1. The van der Waals surface area contributed by atoms with Crippen molar-refractivity contribution in [1.82, 2.24) is 5.32 Å². The Morgan fingerprint density at radius 1 is 0.725 bits per heavy atom. The van der Waals surface area contributed by atoms with Gasteiger partial charge in [0.15, 0.2) is 5.84 Å². The minimum atomic E-state index is -0.213. The van der Waals surface area contributed by atoms with Crippen LogP contribution in [0, 0.1) is 0 Å². The van der Waals surface area contributed by atoms with Gasteiger partial charge in [-0.05, 0) is 114 Å². The van der Waals surface area contributed by atoms with Crippen LogP contribution in [-0.4, -0.2) is 17.8 Å². The molecule has 0 bridgehead atoms. The Bertz CT molecular complexity index is 2270. The second kappa shape index (κ2) is 12.7. The lowest BCUT2D eigenvalue weighted by Gasteiger charge is -2.27. The van der Waals surface area contributed by atoms with E-state index in [9.17, 15) is 0 Å². The molecular weight excluding hydrogens is 623 g/mol. The van der Waals surface area contributed by atoms with Crippen LogP contribution in [0.2, 0.25) is 0 Å². The standard InChI is InChI=1S/C47H41N3O/c1-4-13-30(14-5-1)33-23-25-37-34(27-33)19-12-22-36(37)35-24-26-43-40(28-35)41-29-42(38-20-10-11-21-39(38)44(41)51-43)47-49-45(31-15-6-2-7-16-31)48-46(50-47)32-17-8-3-9-18-32/h1-4,6-8,10,12-13,15-17,19-20,22,24,26-29,40,43,45H,5,9,11,14,18,21,23,25H2,(H,48,49,50). The summed E-state index contributed by atoms with van der Waals surface area (Å²) in [6.07, 6.45) is 35.6. The molecule has 3 unspecified atom stereocenters. The summed E-state index contributed by atoms with van der Waals surface area (Å²) in [7, 11) is 0. The number of hydrogen-bond acceptors (Lipinski definition) is 4. The van der Waals surface area contributed by atoms with E-state index in [4.69, 9.17) is 14.7 Å². The molecule has 0 fully saturated rings. The van der Waals surface area contributed by atoms with Gasteiger partial charge in [-0.3, -0.25) is 0 Å². The molecule has 0 radical (unpaired) electrons. The summed E-state index contributed by atoms with van der Waals surface area (Å²) in [5, 5.41) is 3.68. The zero-order valence-electron chi connectivity index (χ0n) is 28.8. The van der Waals surface area contributed by atoms with Gasteiger partial charge >= 0.3 is 0 Å². The lowest BCUT2D eigenvalue weighted by Crippen LogP contribution is -2.34. The maximum Gasteiger partial charge on any atom is 0.160 e. The van der Waals surface area contributed by atoms with Gasteiger partial charge < -0.3 is 10.1 Å². The normalized spacial score (nSPS) is 24.0. The van der Waals surface area contributed by atoms with Crippen molar-refractivity contribution < 1.29 is 4.74 Å². The highest BCUT2D eigenvalue weighted by atomic mass is 16.5. The number of aliphatic imine (C=N–C) groups is 2. The van der Waals surface area contributed by atoms with Crippen molar-refractivity contribution in [2.24, 2.45) is 9.98 Å². The van der Waals surface area contributed by atoms with E-state index in [1.165, 1.54) is 55.7 Å². The van der Waals surface area contributed by atoms with Crippen LogP contribution in [0.4, 0.5) is 0 Å². The highest BCUT2D eigenvalue weighted by Crippen LogP contribution is 2.49. The Hall–Kier alpha value is -5.48. The van der Waals surface area contributed by atoms with E-state index in [1.807, 2.05) is 0 Å². The fourth-order valence-electron chi connectivity index (χ4n) is 8.83. The molecule has 7 aliphatic rings. The van der Waals surface area contributed by atoms with Crippen LogP contribution < -0.4 is 10.1 Å².